The van der Waals surface area contributed by atoms with E-state index in [1.807, 2.05) is 12.3 Å². The van der Waals surface area contributed by atoms with Crippen molar-refractivity contribution in [2.75, 3.05) is 18.4 Å². The van der Waals surface area contributed by atoms with Gasteiger partial charge in [0.2, 0.25) is 0 Å². The van der Waals surface area contributed by atoms with Gasteiger partial charge in [-0.05, 0) is 30.8 Å². The Labute approximate surface area is 101 Å². The summed E-state index contributed by atoms with van der Waals surface area (Å²) in [6.45, 7) is 2.18. The van der Waals surface area contributed by atoms with Gasteiger partial charge in [-0.3, -0.25) is 0 Å². The number of nitrogens with zero attached hydrogens (tertiary/aromatic N) is 1. The molecule has 0 bridgehead atoms. The fourth-order valence-corrected chi connectivity index (χ4v) is 2.35. The van der Waals surface area contributed by atoms with Crippen molar-refractivity contribution < 1.29 is 0 Å². The Morgan fingerprint density at radius 3 is 2.94 bits per heavy atom. The summed E-state index contributed by atoms with van der Waals surface area (Å²) in [6.07, 6.45) is 4.40. The van der Waals surface area contributed by atoms with Gasteiger partial charge < -0.3 is 10.6 Å². The lowest BCUT2D eigenvalue weighted by atomic mass is 10.1. The minimum Gasteiger partial charge on any atom is -0.366 e. The Kier molecular flexibility index (Phi) is 2.92. The maximum atomic E-state index is 4.46. The molecule has 1 aromatic carbocycles. The SMILES string of the molecule is c1ccc2cc(NC3CCCNC3)ncc2c1. The van der Waals surface area contributed by atoms with Gasteiger partial charge in [-0.1, -0.05) is 24.3 Å². The van der Waals surface area contributed by atoms with E-state index in [1.165, 1.54) is 23.6 Å². The zero-order valence-electron chi connectivity index (χ0n) is 9.82. The first-order chi connectivity index (χ1) is 8.42. The Hall–Kier alpha value is -1.61. The van der Waals surface area contributed by atoms with Crippen LogP contribution in [0.4, 0.5) is 5.82 Å². The summed E-state index contributed by atoms with van der Waals surface area (Å²) in [5.41, 5.74) is 0. The van der Waals surface area contributed by atoms with Gasteiger partial charge in [-0.2, -0.15) is 0 Å². The maximum Gasteiger partial charge on any atom is 0.126 e. The molecule has 1 atom stereocenters. The Bertz CT molecular complexity index is 504. The van der Waals surface area contributed by atoms with Gasteiger partial charge >= 0.3 is 0 Å². The van der Waals surface area contributed by atoms with Crippen LogP contribution in [-0.4, -0.2) is 24.1 Å². The molecule has 1 aliphatic rings. The average Bonchev–Trinajstić information content (AvgIpc) is 2.40. The number of anilines is 1. The van der Waals surface area contributed by atoms with Crippen molar-refractivity contribution in [2.45, 2.75) is 18.9 Å². The lowest BCUT2D eigenvalue weighted by molar-refractivity contribution is 0.479. The van der Waals surface area contributed by atoms with Gasteiger partial charge in [-0.15, -0.1) is 0 Å². The van der Waals surface area contributed by atoms with Gasteiger partial charge in [0.15, 0.2) is 0 Å². The number of benzene rings is 1. The molecule has 0 aliphatic carbocycles. The van der Waals surface area contributed by atoms with E-state index in [2.05, 4.69) is 39.9 Å². The number of piperidine rings is 1. The van der Waals surface area contributed by atoms with Gasteiger partial charge in [0, 0.05) is 24.2 Å². The fraction of sp³-hybridized carbons (Fsp3) is 0.357. The molecule has 3 heteroatoms. The Morgan fingerprint density at radius 2 is 2.12 bits per heavy atom. The van der Waals surface area contributed by atoms with Crippen molar-refractivity contribution >= 4 is 16.6 Å². The molecule has 1 fully saturated rings. The quantitative estimate of drug-likeness (QED) is 0.827. The van der Waals surface area contributed by atoms with Crippen LogP contribution in [0.25, 0.3) is 10.8 Å². The van der Waals surface area contributed by atoms with E-state index in [1.54, 1.807) is 0 Å². The molecule has 2 N–H and O–H groups in total. The van der Waals surface area contributed by atoms with Crippen molar-refractivity contribution in [3.8, 4) is 0 Å². The molecule has 1 aromatic heterocycles. The lowest BCUT2D eigenvalue weighted by Crippen LogP contribution is -2.38. The molecule has 2 heterocycles. The van der Waals surface area contributed by atoms with Crippen LogP contribution in [0.3, 0.4) is 0 Å². The Balaban J connectivity index is 1.80. The van der Waals surface area contributed by atoms with Crippen molar-refractivity contribution in [3.63, 3.8) is 0 Å². The van der Waals surface area contributed by atoms with Gasteiger partial charge in [0.05, 0.1) is 0 Å². The van der Waals surface area contributed by atoms with Crippen LogP contribution in [-0.2, 0) is 0 Å². The highest BCUT2D eigenvalue weighted by molar-refractivity contribution is 5.83. The zero-order chi connectivity index (χ0) is 11.5. The maximum absolute atomic E-state index is 4.46. The van der Waals surface area contributed by atoms with Gasteiger partial charge in [0.25, 0.3) is 0 Å². The molecule has 1 saturated heterocycles. The second-order valence-corrected chi connectivity index (χ2v) is 4.60. The minimum absolute atomic E-state index is 0.511. The monoisotopic (exact) mass is 227 g/mol. The molecule has 88 valence electrons. The second-order valence-electron chi connectivity index (χ2n) is 4.60. The highest BCUT2D eigenvalue weighted by Crippen LogP contribution is 2.17. The molecule has 17 heavy (non-hydrogen) atoms. The molecule has 3 rings (SSSR count). The fourth-order valence-electron chi connectivity index (χ4n) is 2.35. The van der Waals surface area contributed by atoms with E-state index < -0.39 is 0 Å². The molecule has 0 amide bonds. The number of pyridine rings is 1. The van der Waals surface area contributed by atoms with Crippen LogP contribution in [0.1, 0.15) is 12.8 Å². The standard InChI is InChI=1S/C14H17N3/c1-2-5-12-9-16-14(8-11(12)4-1)17-13-6-3-7-15-10-13/h1-2,4-5,8-9,13,15H,3,6-7,10H2,(H,16,17). The normalized spacial score (nSPS) is 20.4. The highest BCUT2D eigenvalue weighted by Gasteiger charge is 2.12. The summed E-state index contributed by atoms with van der Waals surface area (Å²) < 4.78 is 0. The van der Waals surface area contributed by atoms with E-state index in [0.29, 0.717) is 6.04 Å². The van der Waals surface area contributed by atoms with E-state index in [0.717, 1.165) is 18.9 Å². The number of fused-ring (bicyclic) bond motifs is 1. The largest absolute Gasteiger partial charge is 0.366 e. The van der Waals surface area contributed by atoms with Gasteiger partial charge in [0.1, 0.15) is 5.82 Å². The van der Waals surface area contributed by atoms with Crippen molar-refractivity contribution in [3.05, 3.63) is 36.5 Å². The van der Waals surface area contributed by atoms with E-state index in [4.69, 9.17) is 0 Å². The average molecular weight is 227 g/mol. The van der Waals surface area contributed by atoms with Crippen molar-refractivity contribution in [1.82, 2.24) is 10.3 Å². The van der Waals surface area contributed by atoms with Crippen molar-refractivity contribution in [1.29, 1.82) is 0 Å². The van der Waals surface area contributed by atoms with Crippen LogP contribution in [0, 0.1) is 0 Å². The first-order valence-corrected chi connectivity index (χ1v) is 6.24. The summed E-state index contributed by atoms with van der Waals surface area (Å²) in [4.78, 5) is 4.46. The predicted octanol–water partition coefficient (Wildman–Crippen LogP) is 2.40. The minimum atomic E-state index is 0.511. The van der Waals surface area contributed by atoms with Crippen LogP contribution < -0.4 is 10.6 Å². The smallest absolute Gasteiger partial charge is 0.126 e. The summed E-state index contributed by atoms with van der Waals surface area (Å²) in [7, 11) is 0. The highest BCUT2D eigenvalue weighted by atomic mass is 15.1. The van der Waals surface area contributed by atoms with Crippen molar-refractivity contribution in [2.24, 2.45) is 0 Å². The van der Waals surface area contributed by atoms with Crippen LogP contribution in [0.15, 0.2) is 36.5 Å². The summed E-state index contributed by atoms with van der Waals surface area (Å²) in [5, 5.41) is 9.34. The first-order valence-electron chi connectivity index (χ1n) is 6.24. The molecule has 0 radical (unpaired) electrons. The molecule has 0 saturated carbocycles. The van der Waals surface area contributed by atoms with Crippen LogP contribution in [0.5, 0.6) is 0 Å². The summed E-state index contributed by atoms with van der Waals surface area (Å²) in [5.74, 6) is 0.984. The number of rotatable bonds is 2. The molecule has 1 unspecified atom stereocenters. The van der Waals surface area contributed by atoms with E-state index in [-0.39, 0.29) is 0 Å². The number of aromatic nitrogens is 1. The van der Waals surface area contributed by atoms with E-state index in [9.17, 15) is 0 Å². The third-order valence-corrected chi connectivity index (χ3v) is 3.28. The van der Waals surface area contributed by atoms with E-state index >= 15 is 0 Å². The molecule has 3 nitrogen and oxygen atoms in total. The third kappa shape index (κ3) is 2.39. The lowest BCUT2D eigenvalue weighted by Gasteiger charge is -2.24. The molecular weight excluding hydrogens is 210 g/mol. The Morgan fingerprint density at radius 1 is 1.24 bits per heavy atom. The molecule has 2 aromatic rings. The number of hydrogen-bond donors (Lipinski definition) is 2. The second kappa shape index (κ2) is 4.72. The van der Waals surface area contributed by atoms with Crippen LogP contribution in [0.2, 0.25) is 0 Å². The summed E-state index contributed by atoms with van der Waals surface area (Å²) >= 11 is 0. The number of hydrogen-bond acceptors (Lipinski definition) is 3. The summed E-state index contributed by atoms with van der Waals surface area (Å²) in [6, 6.07) is 11.0. The third-order valence-electron chi connectivity index (χ3n) is 3.28. The predicted molar refractivity (Wildman–Crippen MR) is 71.3 cm³/mol. The molecule has 0 spiro atoms. The number of nitrogens with one attached hydrogen (secondary N) is 2. The van der Waals surface area contributed by atoms with Gasteiger partial charge in [-0.25, -0.2) is 4.98 Å². The first kappa shape index (κ1) is 10.5. The topological polar surface area (TPSA) is 37.0 Å². The molecular formula is C14H17N3. The zero-order valence-corrected chi connectivity index (χ0v) is 9.82. The molecule has 1 aliphatic heterocycles. The van der Waals surface area contributed by atoms with Crippen LogP contribution >= 0.6 is 0 Å².